The molecule has 1 amide bonds. The Balaban J connectivity index is 1.70. The first-order chi connectivity index (χ1) is 12.4. The molecule has 2 N–H and O–H groups in total. The maximum atomic E-state index is 12.5. The zero-order valence-corrected chi connectivity index (χ0v) is 16.5. The van der Waals surface area contributed by atoms with Gasteiger partial charge in [0.25, 0.3) is 5.56 Å². The Labute approximate surface area is 159 Å². The van der Waals surface area contributed by atoms with Crippen LogP contribution in [0.15, 0.2) is 34.2 Å². The molecule has 2 heterocycles. The third kappa shape index (κ3) is 4.50. The van der Waals surface area contributed by atoms with Crippen LogP contribution >= 0.6 is 23.1 Å². The Morgan fingerprint density at radius 3 is 2.92 bits per heavy atom. The first-order valence-corrected chi connectivity index (χ1v) is 10.1. The third-order valence-electron chi connectivity index (χ3n) is 3.71. The van der Waals surface area contributed by atoms with Crippen LogP contribution in [0.1, 0.15) is 31.5 Å². The molecule has 0 saturated carbocycles. The monoisotopic (exact) mass is 388 g/mol. The van der Waals surface area contributed by atoms with Gasteiger partial charge in [0.2, 0.25) is 5.91 Å². The second-order valence-electron chi connectivity index (χ2n) is 6.03. The lowest BCUT2D eigenvalue weighted by atomic mass is 10.2. The van der Waals surface area contributed by atoms with Crippen molar-refractivity contribution in [3.05, 3.63) is 45.9 Å². The summed E-state index contributed by atoms with van der Waals surface area (Å²) in [4.78, 5) is 35.7. The van der Waals surface area contributed by atoms with Crippen molar-refractivity contribution in [3.63, 3.8) is 0 Å². The lowest BCUT2D eigenvalue weighted by molar-refractivity contribution is -0.115. The fraction of sp³-hybridized carbons (Fsp3) is 0.333. The predicted octanol–water partition coefficient (Wildman–Crippen LogP) is 3.76. The van der Waals surface area contributed by atoms with Crippen LogP contribution in [0.2, 0.25) is 0 Å². The van der Waals surface area contributed by atoms with Crippen LogP contribution in [0.5, 0.6) is 0 Å². The van der Waals surface area contributed by atoms with Crippen LogP contribution in [0.25, 0.3) is 10.2 Å². The van der Waals surface area contributed by atoms with Crippen molar-refractivity contribution in [2.45, 2.75) is 44.0 Å². The molecule has 8 heteroatoms. The van der Waals surface area contributed by atoms with Crippen molar-refractivity contribution >= 4 is 44.4 Å². The molecule has 2 aromatic heterocycles. The first kappa shape index (κ1) is 18.6. The van der Waals surface area contributed by atoms with E-state index in [0.29, 0.717) is 10.3 Å². The molecule has 6 nitrogen and oxygen atoms in total. The van der Waals surface area contributed by atoms with Crippen molar-refractivity contribution in [3.8, 4) is 0 Å². The number of fused-ring (bicyclic) bond motifs is 1. The maximum absolute atomic E-state index is 12.5. The number of aromatic amines is 1. The van der Waals surface area contributed by atoms with Gasteiger partial charge in [-0.1, -0.05) is 42.5 Å². The highest BCUT2D eigenvalue weighted by Gasteiger charge is 2.18. The van der Waals surface area contributed by atoms with Crippen molar-refractivity contribution in [1.82, 2.24) is 15.0 Å². The highest BCUT2D eigenvalue weighted by atomic mass is 32.2. The van der Waals surface area contributed by atoms with Gasteiger partial charge in [0.1, 0.15) is 0 Å². The number of rotatable bonds is 6. The topological polar surface area (TPSA) is 87.7 Å². The number of nitrogens with one attached hydrogen (secondary N) is 2. The molecule has 0 aliphatic rings. The van der Waals surface area contributed by atoms with E-state index in [1.165, 1.54) is 29.2 Å². The Hall–Kier alpha value is -2.19. The molecule has 0 spiro atoms. The number of carbonyl (C=O) groups is 1. The Morgan fingerprint density at radius 2 is 2.15 bits per heavy atom. The van der Waals surface area contributed by atoms with Gasteiger partial charge in [-0.25, -0.2) is 9.97 Å². The van der Waals surface area contributed by atoms with E-state index in [9.17, 15) is 9.59 Å². The summed E-state index contributed by atoms with van der Waals surface area (Å²) >= 11 is 2.68. The first-order valence-electron chi connectivity index (χ1n) is 8.39. The summed E-state index contributed by atoms with van der Waals surface area (Å²) in [5.74, 6) is -0.172. The average Bonchev–Trinajstić information content (AvgIpc) is 2.95. The number of anilines is 1. The summed E-state index contributed by atoms with van der Waals surface area (Å²) in [5.41, 5.74) is 2.58. The minimum Gasteiger partial charge on any atom is -0.301 e. The van der Waals surface area contributed by atoms with Crippen molar-refractivity contribution in [2.75, 3.05) is 5.32 Å². The van der Waals surface area contributed by atoms with Crippen LogP contribution in [-0.2, 0) is 11.2 Å². The van der Waals surface area contributed by atoms with Gasteiger partial charge in [0.05, 0.1) is 15.5 Å². The lowest BCUT2D eigenvalue weighted by Crippen LogP contribution is -2.23. The quantitative estimate of drug-likeness (QED) is 0.496. The van der Waals surface area contributed by atoms with Gasteiger partial charge < -0.3 is 10.3 Å². The van der Waals surface area contributed by atoms with Crippen LogP contribution in [0.3, 0.4) is 0 Å². The fourth-order valence-electron chi connectivity index (χ4n) is 2.44. The lowest BCUT2D eigenvalue weighted by Gasteiger charge is -2.10. The SMILES string of the molecule is CCCc1cc(=O)[nH]c(SC(C)C(=O)Nc2nc3ccc(C)cc3s2)n1. The molecular formula is C18H20N4O2S2. The van der Waals surface area contributed by atoms with E-state index in [1.54, 1.807) is 6.92 Å². The summed E-state index contributed by atoms with van der Waals surface area (Å²) in [6.45, 7) is 5.84. The molecule has 0 radical (unpaired) electrons. The molecule has 136 valence electrons. The number of thiazole rings is 1. The minimum atomic E-state index is -0.413. The molecular weight excluding hydrogens is 368 g/mol. The van der Waals surface area contributed by atoms with Crippen LogP contribution < -0.4 is 10.9 Å². The van der Waals surface area contributed by atoms with Crippen molar-refractivity contribution < 1.29 is 4.79 Å². The Morgan fingerprint density at radius 1 is 1.35 bits per heavy atom. The number of aryl methyl sites for hydroxylation is 2. The van der Waals surface area contributed by atoms with E-state index >= 15 is 0 Å². The molecule has 1 unspecified atom stereocenters. The van der Waals surface area contributed by atoms with Gasteiger partial charge in [-0.05, 0) is 38.0 Å². The molecule has 0 aliphatic heterocycles. The molecule has 3 rings (SSSR count). The van der Waals surface area contributed by atoms with E-state index < -0.39 is 5.25 Å². The molecule has 26 heavy (non-hydrogen) atoms. The smallest absolute Gasteiger partial charge is 0.251 e. The Kier molecular flexibility index (Phi) is 5.73. The number of hydrogen-bond acceptors (Lipinski definition) is 6. The largest absolute Gasteiger partial charge is 0.301 e. The zero-order chi connectivity index (χ0) is 18.7. The Bertz CT molecular complexity index is 996. The summed E-state index contributed by atoms with van der Waals surface area (Å²) in [5, 5.41) is 3.47. The van der Waals surface area contributed by atoms with E-state index in [-0.39, 0.29) is 11.5 Å². The number of nitrogens with zero attached hydrogens (tertiary/aromatic N) is 2. The summed E-state index contributed by atoms with van der Waals surface area (Å²) in [6.07, 6.45) is 1.65. The van der Waals surface area contributed by atoms with Gasteiger partial charge >= 0.3 is 0 Å². The highest BCUT2D eigenvalue weighted by molar-refractivity contribution is 8.00. The molecule has 0 saturated heterocycles. The third-order valence-corrected chi connectivity index (χ3v) is 5.63. The summed E-state index contributed by atoms with van der Waals surface area (Å²) in [6, 6.07) is 7.50. The predicted molar refractivity (Wildman–Crippen MR) is 107 cm³/mol. The summed E-state index contributed by atoms with van der Waals surface area (Å²) in [7, 11) is 0. The second-order valence-corrected chi connectivity index (χ2v) is 8.39. The molecule has 0 fully saturated rings. The average molecular weight is 389 g/mol. The number of hydrogen-bond donors (Lipinski definition) is 2. The molecule has 1 aromatic carbocycles. The normalized spacial score (nSPS) is 12.3. The standard InChI is InChI=1S/C18H20N4O2S2/c1-4-5-12-9-15(23)21-17(19-12)25-11(3)16(24)22-18-20-13-7-6-10(2)8-14(13)26-18/h6-9,11H,4-5H2,1-3H3,(H,19,21,23)(H,20,22,24). The van der Waals surface area contributed by atoms with E-state index in [4.69, 9.17) is 0 Å². The van der Waals surface area contributed by atoms with E-state index in [2.05, 4.69) is 26.3 Å². The van der Waals surface area contributed by atoms with Crippen LogP contribution in [0.4, 0.5) is 5.13 Å². The molecule has 1 atom stereocenters. The van der Waals surface area contributed by atoms with Gasteiger partial charge in [-0.3, -0.25) is 9.59 Å². The number of thioether (sulfide) groups is 1. The minimum absolute atomic E-state index is 0.172. The van der Waals surface area contributed by atoms with Gasteiger partial charge in [0, 0.05) is 11.8 Å². The molecule has 0 aliphatic carbocycles. The van der Waals surface area contributed by atoms with Crippen molar-refractivity contribution in [2.24, 2.45) is 0 Å². The number of amides is 1. The fourth-order valence-corrected chi connectivity index (χ4v) is 4.23. The van der Waals surface area contributed by atoms with Gasteiger partial charge in [0.15, 0.2) is 10.3 Å². The number of H-pyrrole nitrogens is 1. The summed E-state index contributed by atoms with van der Waals surface area (Å²) < 4.78 is 1.04. The molecule has 3 aromatic rings. The number of carbonyl (C=O) groups excluding carboxylic acids is 1. The van der Waals surface area contributed by atoms with E-state index in [1.807, 2.05) is 26.0 Å². The number of aromatic nitrogens is 3. The van der Waals surface area contributed by atoms with Crippen molar-refractivity contribution in [1.29, 1.82) is 0 Å². The van der Waals surface area contributed by atoms with Crippen LogP contribution in [0, 0.1) is 6.92 Å². The van der Waals surface area contributed by atoms with E-state index in [0.717, 1.165) is 34.3 Å². The molecule has 0 bridgehead atoms. The van der Waals surface area contributed by atoms with Crippen LogP contribution in [-0.4, -0.2) is 26.1 Å². The number of benzene rings is 1. The van der Waals surface area contributed by atoms with Gasteiger partial charge in [-0.2, -0.15) is 0 Å². The highest BCUT2D eigenvalue weighted by Crippen LogP contribution is 2.28. The second kappa shape index (κ2) is 8.01. The maximum Gasteiger partial charge on any atom is 0.251 e. The van der Waals surface area contributed by atoms with Gasteiger partial charge in [-0.15, -0.1) is 0 Å². The zero-order valence-electron chi connectivity index (χ0n) is 14.8.